The van der Waals surface area contributed by atoms with Crippen LogP contribution in [0.3, 0.4) is 0 Å². The zero-order valence-corrected chi connectivity index (χ0v) is 11.0. The molecule has 0 fully saturated rings. The smallest absolute Gasteiger partial charge is 0.167 e. The van der Waals surface area contributed by atoms with Gasteiger partial charge in [-0.1, -0.05) is 12.1 Å². The van der Waals surface area contributed by atoms with E-state index in [1.165, 1.54) is 0 Å². The van der Waals surface area contributed by atoms with Crippen molar-refractivity contribution in [1.82, 2.24) is 14.8 Å². The Balaban J connectivity index is 2.05. The zero-order chi connectivity index (χ0) is 13.2. The Morgan fingerprint density at radius 2 is 2.21 bits per heavy atom. The second-order valence-electron chi connectivity index (χ2n) is 4.78. The van der Waals surface area contributed by atoms with Crippen molar-refractivity contribution in [3.8, 4) is 17.1 Å². The summed E-state index contributed by atoms with van der Waals surface area (Å²) in [4.78, 5) is 0. The minimum absolute atomic E-state index is 0.182. The summed E-state index contributed by atoms with van der Waals surface area (Å²) in [5.74, 6) is 2.72. The summed E-state index contributed by atoms with van der Waals surface area (Å²) in [6, 6.07) is 8.11. The normalized spacial score (nSPS) is 18.1. The SMILES string of the molecule is CCOc1ccccc1-c1nnc2n1CC(N)CC2. The fraction of sp³-hybridized carbons (Fsp3) is 0.429. The molecule has 0 aliphatic carbocycles. The van der Waals surface area contributed by atoms with E-state index >= 15 is 0 Å². The van der Waals surface area contributed by atoms with Crippen LogP contribution in [0.2, 0.25) is 0 Å². The van der Waals surface area contributed by atoms with E-state index in [1.54, 1.807) is 0 Å². The highest BCUT2D eigenvalue weighted by molar-refractivity contribution is 5.64. The lowest BCUT2D eigenvalue weighted by atomic mass is 10.1. The third-order valence-electron chi connectivity index (χ3n) is 3.41. The molecule has 0 saturated heterocycles. The van der Waals surface area contributed by atoms with Crippen molar-refractivity contribution in [2.75, 3.05) is 6.61 Å². The van der Waals surface area contributed by atoms with E-state index < -0.39 is 0 Å². The molecule has 2 aromatic rings. The standard InChI is InChI=1S/C14H18N4O/c1-2-19-12-6-4-3-5-11(12)14-17-16-13-8-7-10(15)9-18(13)14/h3-6,10H,2,7-9,15H2,1H3. The number of nitrogens with zero attached hydrogens (tertiary/aromatic N) is 3. The van der Waals surface area contributed by atoms with Crippen LogP contribution >= 0.6 is 0 Å². The summed E-state index contributed by atoms with van der Waals surface area (Å²) < 4.78 is 7.78. The number of rotatable bonds is 3. The monoisotopic (exact) mass is 258 g/mol. The highest BCUT2D eigenvalue weighted by atomic mass is 16.5. The van der Waals surface area contributed by atoms with Gasteiger partial charge in [0.05, 0.1) is 12.2 Å². The number of ether oxygens (including phenoxy) is 1. The highest BCUT2D eigenvalue weighted by Gasteiger charge is 2.22. The van der Waals surface area contributed by atoms with Gasteiger partial charge in [-0.15, -0.1) is 10.2 Å². The van der Waals surface area contributed by atoms with E-state index in [-0.39, 0.29) is 6.04 Å². The molecular formula is C14H18N4O. The van der Waals surface area contributed by atoms with Gasteiger partial charge in [0.1, 0.15) is 11.6 Å². The lowest BCUT2D eigenvalue weighted by Gasteiger charge is -2.21. The van der Waals surface area contributed by atoms with Gasteiger partial charge in [-0.25, -0.2) is 0 Å². The Kier molecular flexibility index (Phi) is 3.21. The number of aromatic nitrogens is 3. The topological polar surface area (TPSA) is 66.0 Å². The van der Waals surface area contributed by atoms with Crippen molar-refractivity contribution in [2.24, 2.45) is 5.73 Å². The minimum atomic E-state index is 0.182. The summed E-state index contributed by atoms with van der Waals surface area (Å²) >= 11 is 0. The van der Waals surface area contributed by atoms with Crippen molar-refractivity contribution < 1.29 is 4.74 Å². The molecular weight excluding hydrogens is 240 g/mol. The fourth-order valence-corrected chi connectivity index (χ4v) is 2.48. The second-order valence-corrected chi connectivity index (χ2v) is 4.78. The molecule has 1 aromatic heterocycles. The Hall–Kier alpha value is -1.88. The molecule has 0 spiro atoms. The molecule has 0 bridgehead atoms. The Morgan fingerprint density at radius 3 is 3.05 bits per heavy atom. The van der Waals surface area contributed by atoms with E-state index in [0.717, 1.165) is 42.3 Å². The predicted molar refractivity (Wildman–Crippen MR) is 72.9 cm³/mol. The van der Waals surface area contributed by atoms with Crippen LogP contribution in [0.25, 0.3) is 11.4 Å². The van der Waals surface area contributed by atoms with E-state index in [1.807, 2.05) is 31.2 Å². The molecule has 0 amide bonds. The third-order valence-corrected chi connectivity index (χ3v) is 3.41. The van der Waals surface area contributed by atoms with Crippen LogP contribution in [-0.4, -0.2) is 27.4 Å². The largest absolute Gasteiger partial charge is 0.493 e. The van der Waals surface area contributed by atoms with E-state index in [4.69, 9.17) is 10.5 Å². The Labute approximate surface area is 112 Å². The minimum Gasteiger partial charge on any atom is -0.493 e. The number of aryl methyl sites for hydroxylation is 1. The average Bonchev–Trinajstić information content (AvgIpc) is 2.82. The molecule has 3 rings (SSSR count). The van der Waals surface area contributed by atoms with Crippen LogP contribution in [-0.2, 0) is 13.0 Å². The lowest BCUT2D eigenvalue weighted by molar-refractivity contribution is 0.341. The number of hydrogen-bond donors (Lipinski definition) is 1. The van der Waals surface area contributed by atoms with Crippen LogP contribution in [0.15, 0.2) is 24.3 Å². The molecule has 2 N–H and O–H groups in total. The fourth-order valence-electron chi connectivity index (χ4n) is 2.48. The van der Waals surface area contributed by atoms with Crippen LogP contribution in [0, 0.1) is 0 Å². The molecule has 1 aromatic carbocycles. The molecule has 1 unspecified atom stereocenters. The van der Waals surface area contributed by atoms with Crippen molar-refractivity contribution in [2.45, 2.75) is 32.4 Å². The van der Waals surface area contributed by atoms with E-state index in [2.05, 4.69) is 14.8 Å². The van der Waals surface area contributed by atoms with Crippen molar-refractivity contribution in [3.63, 3.8) is 0 Å². The first-order valence-corrected chi connectivity index (χ1v) is 6.69. The molecule has 100 valence electrons. The van der Waals surface area contributed by atoms with Gasteiger partial charge < -0.3 is 15.0 Å². The van der Waals surface area contributed by atoms with Gasteiger partial charge in [-0.2, -0.15) is 0 Å². The van der Waals surface area contributed by atoms with E-state index in [9.17, 15) is 0 Å². The van der Waals surface area contributed by atoms with Crippen molar-refractivity contribution in [3.05, 3.63) is 30.1 Å². The molecule has 5 heteroatoms. The Morgan fingerprint density at radius 1 is 1.37 bits per heavy atom. The molecule has 2 heterocycles. The molecule has 1 aliphatic rings. The van der Waals surface area contributed by atoms with Crippen LogP contribution in [0.4, 0.5) is 0 Å². The summed E-state index contributed by atoms with van der Waals surface area (Å²) in [5, 5.41) is 8.59. The summed E-state index contributed by atoms with van der Waals surface area (Å²) in [7, 11) is 0. The lowest BCUT2D eigenvalue weighted by Crippen LogP contribution is -2.32. The summed E-state index contributed by atoms with van der Waals surface area (Å²) in [5.41, 5.74) is 7.03. The molecule has 0 radical (unpaired) electrons. The molecule has 19 heavy (non-hydrogen) atoms. The third kappa shape index (κ3) is 2.21. The van der Waals surface area contributed by atoms with E-state index in [0.29, 0.717) is 6.61 Å². The second kappa shape index (κ2) is 5.01. The van der Waals surface area contributed by atoms with Gasteiger partial charge in [-0.05, 0) is 25.5 Å². The van der Waals surface area contributed by atoms with Gasteiger partial charge >= 0.3 is 0 Å². The van der Waals surface area contributed by atoms with Gasteiger partial charge in [-0.3, -0.25) is 0 Å². The van der Waals surface area contributed by atoms with Crippen molar-refractivity contribution >= 4 is 0 Å². The summed E-state index contributed by atoms with van der Waals surface area (Å²) in [6.07, 6.45) is 1.87. The number of benzene rings is 1. The average molecular weight is 258 g/mol. The van der Waals surface area contributed by atoms with Gasteiger partial charge in [0.2, 0.25) is 0 Å². The maximum Gasteiger partial charge on any atom is 0.167 e. The highest BCUT2D eigenvalue weighted by Crippen LogP contribution is 2.30. The van der Waals surface area contributed by atoms with Crippen LogP contribution < -0.4 is 10.5 Å². The number of hydrogen-bond acceptors (Lipinski definition) is 4. The number of fused-ring (bicyclic) bond motifs is 1. The first-order chi connectivity index (χ1) is 9.29. The zero-order valence-electron chi connectivity index (χ0n) is 11.0. The number of para-hydroxylation sites is 1. The van der Waals surface area contributed by atoms with Crippen LogP contribution in [0.5, 0.6) is 5.75 Å². The van der Waals surface area contributed by atoms with Crippen LogP contribution in [0.1, 0.15) is 19.2 Å². The quantitative estimate of drug-likeness (QED) is 0.908. The van der Waals surface area contributed by atoms with Gasteiger partial charge in [0.15, 0.2) is 5.82 Å². The molecule has 5 nitrogen and oxygen atoms in total. The maximum absolute atomic E-state index is 6.04. The van der Waals surface area contributed by atoms with Gasteiger partial charge in [0, 0.05) is 19.0 Å². The predicted octanol–water partition coefficient (Wildman–Crippen LogP) is 1.62. The van der Waals surface area contributed by atoms with Gasteiger partial charge in [0.25, 0.3) is 0 Å². The molecule has 0 saturated carbocycles. The first-order valence-electron chi connectivity index (χ1n) is 6.69. The maximum atomic E-state index is 6.04. The summed E-state index contributed by atoms with van der Waals surface area (Å²) in [6.45, 7) is 3.39. The van der Waals surface area contributed by atoms with Crippen molar-refractivity contribution in [1.29, 1.82) is 0 Å². The molecule has 1 atom stereocenters. The number of nitrogens with two attached hydrogens (primary N) is 1. The Bertz CT molecular complexity index is 579. The molecule has 1 aliphatic heterocycles. The first kappa shape index (κ1) is 12.2.